The average Bonchev–Trinajstić information content (AvgIpc) is 1.85. The predicted molar refractivity (Wildman–Crippen MR) is 32.8 cm³/mol. The highest BCUT2D eigenvalue weighted by atomic mass is 16.5. The second kappa shape index (κ2) is 4.26. The molecule has 2 amide bonds. The molecule has 0 saturated heterocycles. The fraction of sp³-hybridized carbons (Fsp3) is 0.400. The number of carboxylic acids is 1. The van der Waals surface area contributed by atoms with E-state index in [1.807, 2.05) is 0 Å². The number of alkyl carbamates (subject to hydrolysis) is 1. The topological polar surface area (TPSA) is 92.7 Å². The van der Waals surface area contributed by atoms with Gasteiger partial charge in [-0.15, -0.1) is 0 Å². The summed E-state index contributed by atoms with van der Waals surface area (Å²) in [5, 5.41) is 9.74. The van der Waals surface area contributed by atoms with Gasteiger partial charge in [-0.1, -0.05) is 0 Å². The van der Waals surface area contributed by atoms with Crippen LogP contribution in [-0.2, 0) is 14.3 Å². The Balaban J connectivity index is 3.70. The van der Waals surface area contributed by atoms with Crippen LogP contribution in [0.3, 0.4) is 0 Å². The minimum atomic E-state index is -1.30. The first-order valence-corrected chi connectivity index (χ1v) is 2.66. The molecular formula is C5H7NO5. The Hall–Kier alpha value is -1.59. The molecule has 0 saturated carbocycles. The largest absolute Gasteiger partial charge is 0.481 e. The van der Waals surface area contributed by atoms with Crippen molar-refractivity contribution < 1.29 is 24.2 Å². The lowest BCUT2D eigenvalue weighted by Gasteiger charge is -1.98. The number of amides is 2. The first-order chi connectivity index (χ1) is 5.06. The SMILES string of the molecule is COC(=O)NC(=O)CC(=O)O. The van der Waals surface area contributed by atoms with Crippen LogP contribution >= 0.6 is 0 Å². The van der Waals surface area contributed by atoms with Crippen molar-refractivity contribution in [2.45, 2.75) is 6.42 Å². The van der Waals surface area contributed by atoms with E-state index in [4.69, 9.17) is 5.11 Å². The molecule has 11 heavy (non-hydrogen) atoms. The van der Waals surface area contributed by atoms with Gasteiger partial charge in [0.1, 0.15) is 6.42 Å². The van der Waals surface area contributed by atoms with Crippen molar-refractivity contribution in [2.75, 3.05) is 7.11 Å². The molecule has 0 aromatic rings. The summed E-state index contributed by atoms with van der Waals surface area (Å²) in [6.45, 7) is 0. The molecular weight excluding hydrogens is 154 g/mol. The van der Waals surface area contributed by atoms with Gasteiger partial charge in [0.2, 0.25) is 5.91 Å². The van der Waals surface area contributed by atoms with Gasteiger partial charge in [-0.05, 0) is 0 Å². The minimum Gasteiger partial charge on any atom is -0.481 e. The highest BCUT2D eigenvalue weighted by Gasteiger charge is 2.10. The summed E-state index contributed by atoms with van der Waals surface area (Å²) in [7, 11) is 1.07. The molecule has 0 radical (unpaired) electrons. The summed E-state index contributed by atoms with van der Waals surface area (Å²) < 4.78 is 4.04. The lowest BCUT2D eigenvalue weighted by atomic mass is 10.4. The van der Waals surface area contributed by atoms with Gasteiger partial charge in [-0.3, -0.25) is 14.9 Å². The maximum Gasteiger partial charge on any atom is 0.413 e. The van der Waals surface area contributed by atoms with Crippen molar-refractivity contribution in [3.05, 3.63) is 0 Å². The van der Waals surface area contributed by atoms with E-state index in [1.165, 1.54) is 0 Å². The molecule has 0 rings (SSSR count). The molecule has 2 N–H and O–H groups in total. The Bertz CT molecular complexity index is 187. The van der Waals surface area contributed by atoms with Crippen molar-refractivity contribution in [2.24, 2.45) is 0 Å². The van der Waals surface area contributed by atoms with Crippen LogP contribution in [0.15, 0.2) is 0 Å². The van der Waals surface area contributed by atoms with Gasteiger partial charge in [0.05, 0.1) is 7.11 Å². The Labute approximate surface area is 62.1 Å². The maximum atomic E-state index is 10.4. The summed E-state index contributed by atoms with van der Waals surface area (Å²) >= 11 is 0. The molecule has 0 fully saturated rings. The Morgan fingerprint density at radius 2 is 2.00 bits per heavy atom. The molecule has 0 aliphatic heterocycles. The number of rotatable bonds is 2. The molecule has 0 atom stereocenters. The van der Waals surface area contributed by atoms with Crippen LogP contribution in [0, 0.1) is 0 Å². The van der Waals surface area contributed by atoms with Gasteiger partial charge < -0.3 is 9.84 Å². The first-order valence-electron chi connectivity index (χ1n) is 2.66. The normalized spacial score (nSPS) is 8.45. The molecule has 6 nitrogen and oxygen atoms in total. The lowest BCUT2D eigenvalue weighted by molar-refractivity contribution is -0.140. The van der Waals surface area contributed by atoms with Crippen LogP contribution in [0.2, 0.25) is 0 Å². The number of hydrogen-bond acceptors (Lipinski definition) is 4. The summed E-state index contributed by atoms with van der Waals surface area (Å²) in [4.78, 5) is 30.6. The number of methoxy groups -OCH3 is 1. The van der Waals surface area contributed by atoms with E-state index < -0.39 is 24.4 Å². The molecule has 0 aliphatic carbocycles. The molecule has 0 heterocycles. The van der Waals surface area contributed by atoms with E-state index in [9.17, 15) is 14.4 Å². The number of nitrogens with one attached hydrogen (secondary N) is 1. The quantitative estimate of drug-likeness (QED) is 0.524. The highest BCUT2D eigenvalue weighted by Crippen LogP contribution is 1.80. The van der Waals surface area contributed by atoms with E-state index >= 15 is 0 Å². The fourth-order valence-electron chi connectivity index (χ4n) is 0.346. The van der Waals surface area contributed by atoms with Crippen LogP contribution in [0.1, 0.15) is 6.42 Å². The van der Waals surface area contributed by atoms with Crippen LogP contribution < -0.4 is 5.32 Å². The van der Waals surface area contributed by atoms with Crippen molar-refractivity contribution in [1.29, 1.82) is 0 Å². The van der Waals surface area contributed by atoms with Gasteiger partial charge >= 0.3 is 12.1 Å². The van der Waals surface area contributed by atoms with Gasteiger partial charge in [0, 0.05) is 0 Å². The number of hydrogen-bond donors (Lipinski definition) is 2. The van der Waals surface area contributed by atoms with Gasteiger partial charge in [0.15, 0.2) is 0 Å². The van der Waals surface area contributed by atoms with E-state index in [1.54, 1.807) is 5.32 Å². The van der Waals surface area contributed by atoms with Crippen molar-refractivity contribution in [1.82, 2.24) is 5.32 Å². The predicted octanol–water partition coefficient (Wildman–Crippen LogP) is -0.656. The highest BCUT2D eigenvalue weighted by molar-refractivity contribution is 6.00. The Morgan fingerprint density at radius 1 is 1.45 bits per heavy atom. The van der Waals surface area contributed by atoms with Crippen molar-refractivity contribution in [3.8, 4) is 0 Å². The second-order valence-corrected chi connectivity index (χ2v) is 1.61. The van der Waals surface area contributed by atoms with Crippen LogP contribution in [-0.4, -0.2) is 30.2 Å². The third-order valence-electron chi connectivity index (χ3n) is 0.739. The van der Waals surface area contributed by atoms with Gasteiger partial charge in [0.25, 0.3) is 0 Å². The number of carbonyl (C=O) groups excluding carboxylic acids is 2. The molecule has 0 aromatic carbocycles. The maximum absolute atomic E-state index is 10.4. The standard InChI is InChI=1S/C5H7NO5/c1-11-5(10)6-3(7)2-4(8)9/h2H2,1H3,(H,8,9)(H,6,7,10). The second-order valence-electron chi connectivity index (χ2n) is 1.61. The Kier molecular flexibility index (Phi) is 3.65. The zero-order chi connectivity index (χ0) is 8.85. The third kappa shape index (κ3) is 4.89. The molecule has 62 valence electrons. The molecule has 6 heteroatoms. The van der Waals surface area contributed by atoms with Crippen LogP contribution in [0.5, 0.6) is 0 Å². The fourth-order valence-corrected chi connectivity index (χ4v) is 0.346. The minimum absolute atomic E-state index is 0.741. The zero-order valence-corrected chi connectivity index (χ0v) is 5.79. The van der Waals surface area contributed by atoms with Crippen LogP contribution in [0.4, 0.5) is 4.79 Å². The molecule has 0 aromatic heterocycles. The summed E-state index contributed by atoms with van der Waals surface area (Å²) in [6, 6.07) is 0. The number of imide groups is 1. The lowest BCUT2D eigenvalue weighted by Crippen LogP contribution is -2.31. The van der Waals surface area contributed by atoms with Gasteiger partial charge in [-0.25, -0.2) is 4.79 Å². The number of carboxylic acid groups (broad SMARTS) is 1. The van der Waals surface area contributed by atoms with Crippen LogP contribution in [0.25, 0.3) is 0 Å². The van der Waals surface area contributed by atoms with Crippen molar-refractivity contribution >= 4 is 18.0 Å². The zero-order valence-electron chi connectivity index (χ0n) is 5.79. The summed E-state index contributed by atoms with van der Waals surface area (Å²) in [5.74, 6) is -2.20. The molecule has 0 bridgehead atoms. The molecule has 0 aliphatic rings. The molecule has 0 spiro atoms. The Morgan fingerprint density at radius 3 is 2.36 bits per heavy atom. The summed E-state index contributed by atoms with van der Waals surface area (Å²) in [6.07, 6.45) is -1.70. The monoisotopic (exact) mass is 161 g/mol. The first kappa shape index (κ1) is 9.41. The van der Waals surface area contributed by atoms with E-state index in [0.29, 0.717) is 0 Å². The summed E-state index contributed by atoms with van der Waals surface area (Å²) in [5.41, 5.74) is 0. The van der Waals surface area contributed by atoms with E-state index in [0.717, 1.165) is 7.11 Å². The smallest absolute Gasteiger partial charge is 0.413 e. The number of carbonyl (C=O) groups is 3. The number of aliphatic carboxylic acids is 1. The molecule has 0 unspecified atom stereocenters. The van der Waals surface area contributed by atoms with Crippen molar-refractivity contribution in [3.63, 3.8) is 0 Å². The van der Waals surface area contributed by atoms with Gasteiger partial charge in [-0.2, -0.15) is 0 Å². The average molecular weight is 161 g/mol. The number of ether oxygens (including phenoxy) is 1. The van der Waals surface area contributed by atoms with E-state index in [2.05, 4.69) is 4.74 Å². The third-order valence-corrected chi connectivity index (χ3v) is 0.739. The van der Waals surface area contributed by atoms with E-state index in [-0.39, 0.29) is 0 Å².